The van der Waals surface area contributed by atoms with Crippen LogP contribution in [0.4, 0.5) is 0 Å². The van der Waals surface area contributed by atoms with Gasteiger partial charge in [-0.25, -0.2) is 0 Å². The number of unbranched alkanes of at least 4 members (excludes halogenated alkanes) is 1. The first-order chi connectivity index (χ1) is 10.4. The zero-order chi connectivity index (χ0) is 14.3. The third-order valence-electron chi connectivity index (χ3n) is 4.53. The van der Waals surface area contributed by atoms with Gasteiger partial charge < -0.3 is 0 Å². The monoisotopic (exact) mass is 296 g/mol. The number of thiophene rings is 1. The summed E-state index contributed by atoms with van der Waals surface area (Å²) >= 11 is 1.89. The molecule has 110 valence electrons. The third-order valence-corrected chi connectivity index (χ3v) is 5.46. The van der Waals surface area contributed by atoms with E-state index in [-0.39, 0.29) is 0 Å². The summed E-state index contributed by atoms with van der Waals surface area (Å²) in [6.45, 7) is 0. The molecule has 1 aliphatic rings. The van der Waals surface area contributed by atoms with Crippen molar-refractivity contribution in [3.05, 3.63) is 69.9 Å². The summed E-state index contributed by atoms with van der Waals surface area (Å²) in [6, 6.07) is 15.4. The van der Waals surface area contributed by atoms with E-state index in [1.54, 1.807) is 5.57 Å². The number of hydrogen-bond acceptors (Lipinski definition) is 1. The normalized spacial score (nSPS) is 18.5. The minimum Gasteiger partial charge on any atom is -0.149 e. The van der Waals surface area contributed by atoms with E-state index in [1.807, 2.05) is 11.3 Å². The molecular formula is C20H24S. The Morgan fingerprint density at radius 2 is 1.81 bits per heavy atom. The Hall–Kier alpha value is -1.34. The van der Waals surface area contributed by atoms with Gasteiger partial charge in [-0.2, -0.15) is 0 Å². The molecule has 0 radical (unpaired) electrons. The molecule has 0 aliphatic heterocycles. The van der Waals surface area contributed by atoms with Crippen molar-refractivity contribution in [3.63, 3.8) is 0 Å². The van der Waals surface area contributed by atoms with Gasteiger partial charge in [-0.15, -0.1) is 11.3 Å². The van der Waals surface area contributed by atoms with Crippen LogP contribution in [0.15, 0.2) is 59.5 Å². The zero-order valence-corrected chi connectivity index (χ0v) is 13.4. The van der Waals surface area contributed by atoms with Crippen LogP contribution in [-0.2, 0) is 6.42 Å². The molecule has 2 aromatic rings. The predicted octanol–water partition coefficient (Wildman–Crippen LogP) is 6.36. The highest BCUT2D eigenvalue weighted by Gasteiger charge is 2.15. The van der Waals surface area contributed by atoms with Crippen LogP contribution in [-0.4, -0.2) is 0 Å². The van der Waals surface area contributed by atoms with Crippen molar-refractivity contribution in [3.8, 4) is 0 Å². The van der Waals surface area contributed by atoms with Gasteiger partial charge in [0.15, 0.2) is 0 Å². The van der Waals surface area contributed by atoms with Gasteiger partial charge in [0.05, 0.1) is 0 Å². The standard InChI is InChI=1S/C20H24S/c1-2-8-18(9-3-1)19-14-12-17(13-15-19)7-4-5-10-20-11-6-16-21-20/h1-3,6,8-9,11-12,16,19H,4-5,7,10,13-15H2. The summed E-state index contributed by atoms with van der Waals surface area (Å²) in [5.74, 6) is 0.751. The van der Waals surface area contributed by atoms with E-state index in [1.165, 1.54) is 55.4 Å². The first-order valence-corrected chi connectivity index (χ1v) is 9.05. The Morgan fingerprint density at radius 3 is 2.52 bits per heavy atom. The van der Waals surface area contributed by atoms with E-state index in [0.29, 0.717) is 0 Å². The van der Waals surface area contributed by atoms with E-state index in [0.717, 1.165) is 5.92 Å². The molecule has 1 aromatic heterocycles. The van der Waals surface area contributed by atoms with Gasteiger partial charge in [0.1, 0.15) is 0 Å². The van der Waals surface area contributed by atoms with Crippen LogP contribution >= 0.6 is 11.3 Å². The van der Waals surface area contributed by atoms with Gasteiger partial charge >= 0.3 is 0 Å². The van der Waals surface area contributed by atoms with Gasteiger partial charge in [-0.1, -0.05) is 48.0 Å². The molecular weight excluding hydrogens is 272 g/mol. The summed E-state index contributed by atoms with van der Waals surface area (Å²) in [7, 11) is 0. The Morgan fingerprint density at radius 1 is 0.952 bits per heavy atom. The molecule has 0 fully saturated rings. The highest BCUT2D eigenvalue weighted by molar-refractivity contribution is 7.09. The highest BCUT2D eigenvalue weighted by atomic mass is 32.1. The SMILES string of the molecule is C1=C(CCCCc2cccs2)CCC(c2ccccc2)C1. The number of hydrogen-bond donors (Lipinski definition) is 0. The largest absolute Gasteiger partial charge is 0.149 e. The molecule has 0 bridgehead atoms. The van der Waals surface area contributed by atoms with Crippen molar-refractivity contribution in [2.75, 3.05) is 0 Å². The van der Waals surface area contributed by atoms with Crippen LogP contribution in [0.5, 0.6) is 0 Å². The maximum absolute atomic E-state index is 2.52. The van der Waals surface area contributed by atoms with Crippen molar-refractivity contribution >= 4 is 11.3 Å². The molecule has 1 aromatic carbocycles. The van der Waals surface area contributed by atoms with Crippen molar-refractivity contribution in [1.29, 1.82) is 0 Å². The van der Waals surface area contributed by atoms with E-state index >= 15 is 0 Å². The molecule has 3 rings (SSSR count). The second-order valence-corrected chi connectivity index (χ2v) is 7.06. The fourth-order valence-corrected chi connectivity index (χ4v) is 4.00. The van der Waals surface area contributed by atoms with Gasteiger partial charge in [0.2, 0.25) is 0 Å². The third kappa shape index (κ3) is 4.31. The minimum absolute atomic E-state index is 0.751. The highest BCUT2D eigenvalue weighted by Crippen LogP contribution is 2.33. The summed E-state index contributed by atoms with van der Waals surface area (Å²) < 4.78 is 0. The lowest BCUT2D eigenvalue weighted by molar-refractivity contribution is 0.576. The van der Waals surface area contributed by atoms with E-state index in [9.17, 15) is 0 Å². The Bertz CT molecular complexity index is 551. The van der Waals surface area contributed by atoms with E-state index in [4.69, 9.17) is 0 Å². The minimum atomic E-state index is 0.751. The maximum Gasteiger partial charge on any atom is 0.00452 e. The summed E-state index contributed by atoms with van der Waals surface area (Å²) in [5.41, 5.74) is 3.22. The average Bonchev–Trinajstić information content (AvgIpc) is 3.06. The molecule has 1 heterocycles. The molecule has 1 unspecified atom stereocenters. The van der Waals surface area contributed by atoms with Crippen molar-refractivity contribution in [2.45, 2.75) is 50.9 Å². The fourth-order valence-electron chi connectivity index (χ4n) is 3.25. The number of rotatable bonds is 6. The van der Waals surface area contributed by atoms with E-state index in [2.05, 4.69) is 53.9 Å². The topological polar surface area (TPSA) is 0 Å². The summed E-state index contributed by atoms with van der Waals surface area (Å²) in [6.07, 6.45) is 11.7. The van der Waals surface area contributed by atoms with Crippen LogP contribution in [0.2, 0.25) is 0 Å². The van der Waals surface area contributed by atoms with Crippen LogP contribution in [0.3, 0.4) is 0 Å². The molecule has 0 spiro atoms. The average molecular weight is 296 g/mol. The maximum atomic E-state index is 2.52. The molecule has 1 atom stereocenters. The Labute approximate surface area is 132 Å². The summed E-state index contributed by atoms with van der Waals surface area (Å²) in [5, 5.41) is 2.18. The van der Waals surface area contributed by atoms with Crippen LogP contribution < -0.4 is 0 Å². The Balaban J connectivity index is 1.41. The predicted molar refractivity (Wildman–Crippen MR) is 93.0 cm³/mol. The molecule has 0 N–H and O–H groups in total. The smallest absolute Gasteiger partial charge is 0.00452 e. The lowest BCUT2D eigenvalue weighted by atomic mass is 9.83. The first kappa shape index (κ1) is 14.6. The van der Waals surface area contributed by atoms with Gasteiger partial charge in [-0.3, -0.25) is 0 Å². The van der Waals surface area contributed by atoms with Crippen LogP contribution in [0.1, 0.15) is 54.9 Å². The molecule has 1 aliphatic carbocycles. The molecule has 0 amide bonds. The quantitative estimate of drug-likeness (QED) is 0.430. The second kappa shape index (κ2) is 7.61. The van der Waals surface area contributed by atoms with Crippen molar-refractivity contribution < 1.29 is 0 Å². The molecule has 1 heteroatoms. The lowest BCUT2D eigenvalue weighted by Gasteiger charge is -2.22. The fraction of sp³-hybridized carbons (Fsp3) is 0.400. The van der Waals surface area contributed by atoms with Gasteiger partial charge in [0.25, 0.3) is 0 Å². The van der Waals surface area contributed by atoms with Gasteiger partial charge in [0, 0.05) is 4.88 Å². The zero-order valence-electron chi connectivity index (χ0n) is 12.6. The number of aryl methyl sites for hydroxylation is 1. The van der Waals surface area contributed by atoms with Crippen LogP contribution in [0.25, 0.3) is 0 Å². The van der Waals surface area contributed by atoms with Crippen molar-refractivity contribution in [1.82, 2.24) is 0 Å². The van der Waals surface area contributed by atoms with Gasteiger partial charge in [-0.05, 0) is 67.9 Å². The Kier molecular flexibility index (Phi) is 5.29. The van der Waals surface area contributed by atoms with E-state index < -0.39 is 0 Å². The number of benzene rings is 1. The van der Waals surface area contributed by atoms with Crippen LogP contribution in [0, 0.1) is 0 Å². The van der Waals surface area contributed by atoms with Crippen molar-refractivity contribution in [2.24, 2.45) is 0 Å². The molecule has 0 saturated heterocycles. The molecule has 21 heavy (non-hydrogen) atoms. The lowest BCUT2D eigenvalue weighted by Crippen LogP contribution is -2.04. The first-order valence-electron chi connectivity index (χ1n) is 8.17. The molecule has 0 saturated carbocycles. The number of allylic oxidation sites excluding steroid dienone is 2. The molecule has 0 nitrogen and oxygen atoms in total. The summed E-state index contributed by atoms with van der Waals surface area (Å²) in [4.78, 5) is 1.54. The second-order valence-electron chi connectivity index (χ2n) is 6.03.